The second-order valence-electron chi connectivity index (χ2n) is 6.66. The number of benzene rings is 2. The first kappa shape index (κ1) is 21.0. The molecule has 0 aliphatic heterocycles. The van der Waals surface area contributed by atoms with Crippen LogP contribution in [0.15, 0.2) is 53.1 Å². The van der Waals surface area contributed by atoms with Crippen molar-refractivity contribution in [3.63, 3.8) is 0 Å². The second-order valence-corrected chi connectivity index (χ2v) is 6.66. The Morgan fingerprint density at radius 1 is 1.17 bits per heavy atom. The maximum Gasteiger partial charge on any atom is 0.338 e. The molecule has 7 nitrogen and oxygen atoms in total. The van der Waals surface area contributed by atoms with E-state index in [1.165, 1.54) is 31.2 Å². The summed E-state index contributed by atoms with van der Waals surface area (Å²) in [7, 11) is 0. The van der Waals surface area contributed by atoms with E-state index in [0.29, 0.717) is 18.1 Å². The van der Waals surface area contributed by atoms with Gasteiger partial charge in [-0.3, -0.25) is 4.79 Å². The van der Waals surface area contributed by atoms with Crippen molar-refractivity contribution in [1.82, 2.24) is 5.16 Å². The van der Waals surface area contributed by atoms with Crippen LogP contribution in [0, 0.1) is 19.7 Å². The highest BCUT2D eigenvalue weighted by Crippen LogP contribution is 2.18. The minimum atomic E-state index is -1.06. The molecule has 0 unspecified atom stereocenters. The standard InChI is InChI=1S/C22H21FN2O5/c1-13-20(14(2)30-25-13)12-28-19-9-7-16(8-10-19)22(27)29-15(3)21(26)24-18-6-4-5-17(23)11-18/h4-11,15H,12H2,1-3H3,(H,24,26)/t15-/m1/s1. The number of carbonyl (C=O) groups excluding carboxylic acids is 2. The molecule has 2 aromatic carbocycles. The first-order chi connectivity index (χ1) is 14.3. The van der Waals surface area contributed by atoms with Crippen molar-refractivity contribution < 1.29 is 28.0 Å². The number of nitrogens with one attached hydrogen (secondary N) is 1. The molecule has 1 aromatic heterocycles. The zero-order chi connectivity index (χ0) is 21.7. The van der Waals surface area contributed by atoms with E-state index >= 15 is 0 Å². The molecule has 0 bridgehead atoms. The van der Waals surface area contributed by atoms with Gasteiger partial charge in [-0.2, -0.15) is 0 Å². The third-order valence-electron chi connectivity index (χ3n) is 4.40. The summed E-state index contributed by atoms with van der Waals surface area (Å²) in [4.78, 5) is 24.4. The normalized spacial score (nSPS) is 11.6. The Bertz CT molecular complexity index is 1030. The van der Waals surface area contributed by atoms with Gasteiger partial charge in [0.15, 0.2) is 6.10 Å². The predicted octanol–water partition coefficient (Wildman–Crippen LogP) is 4.19. The van der Waals surface area contributed by atoms with E-state index in [4.69, 9.17) is 14.0 Å². The Balaban J connectivity index is 1.54. The molecule has 3 rings (SSSR count). The Labute approximate surface area is 172 Å². The molecule has 1 atom stereocenters. The van der Waals surface area contributed by atoms with Crippen molar-refractivity contribution in [2.24, 2.45) is 0 Å². The van der Waals surface area contributed by atoms with E-state index in [2.05, 4.69) is 10.5 Å². The van der Waals surface area contributed by atoms with E-state index in [1.807, 2.05) is 13.8 Å². The fourth-order valence-corrected chi connectivity index (χ4v) is 2.64. The maximum absolute atomic E-state index is 13.2. The number of aromatic nitrogens is 1. The highest BCUT2D eigenvalue weighted by molar-refractivity contribution is 5.97. The molecular weight excluding hydrogens is 391 g/mol. The molecule has 0 spiro atoms. The minimum absolute atomic E-state index is 0.269. The summed E-state index contributed by atoms with van der Waals surface area (Å²) in [5, 5.41) is 6.37. The lowest BCUT2D eigenvalue weighted by Gasteiger charge is -2.14. The van der Waals surface area contributed by atoms with Crippen molar-refractivity contribution >= 4 is 17.6 Å². The lowest BCUT2D eigenvalue weighted by molar-refractivity contribution is -0.123. The highest BCUT2D eigenvalue weighted by Gasteiger charge is 2.19. The first-order valence-electron chi connectivity index (χ1n) is 9.25. The van der Waals surface area contributed by atoms with Crippen LogP contribution in [-0.2, 0) is 16.1 Å². The molecule has 0 radical (unpaired) electrons. The smallest absolute Gasteiger partial charge is 0.338 e. The van der Waals surface area contributed by atoms with Gasteiger partial charge in [0.1, 0.15) is 23.9 Å². The molecule has 1 amide bonds. The molecule has 156 valence electrons. The van der Waals surface area contributed by atoms with Crippen LogP contribution in [-0.4, -0.2) is 23.1 Å². The molecule has 0 aliphatic carbocycles. The zero-order valence-corrected chi connectivity index (χ0v) is 16.8. The van der Waals surface area contributed by atoms with Gasteiger partial charge < -0.3 is 19.3 Å². The van der Waals surface area contributed by atoms with Gasteiger partial charge in [-0.25, -0.2) is 9.18 Å². The number of esters is 1. The van der Waals surface area contributed by atoms with Gasteiger partial charge in [-0.05, 0) is 63.2 Å². The molecule has 8 heteroatoms. The number of amides is 1. The first-order valence-corrected chi connectivity index (χ1v) is 9.25. The molecular formula is C22H21FN2O5. The zero-order valence-electron chi connectivity index (χ0n) is 16.8. The maximum atomic E-state index is 13.2. The molecule has 0 aliphatic rings. The van der Waals surface area contributed by atoms with E-state index in [9.17, 15) is 14.0 Å². The summed E-state index contributed by atoms with van der Waals surface area (Å²) in [6.07, 6.45) is -1.06. The number of carbonyl (C=O) groups is 2. The van der Waals surface area contributed by atoms with E-state index in [0.717, 1.165) is 11.3 Å². The number of aryl methyl sites for hydroxylation is 2. The molecule has 30 heavy (non-hydrogen) atoms. The summed E-state index contributed by atoms with van der Waals surface area (Å²) in [6, 6.07) is 11.8. The van der Waals surface area contributed by atoms with E-state index < -0.39 is 23.8 Å². The average Bonchev–Trinajstić information content (AvgIpc) is 3.04. The number of hydrogen-bond acceptors (Lipinski definition) is 6. The van der Waals surface area contributed by atoms with Gasteiger partial charge in [0.25, 0.3) is 5.91 Å². The van der Waals surface area contributed by atoms with Crippen molar-refractivity contribution in [3.05, 3.63) is 76.9 Å². The topological polar surface area (TPSA) is 90.7 Å². The van der Waals surface area contributed by atoms with Gasteiger partial charge in [0.2, 0.25) is 0 Å². The molecule has 1 N–H and O–H groups in total. The fraction of sp³-hybridized carbons (Fsp3) is 0.227. The summed E-state index contributed by atoms with van der Waals surface area (Å²) in [5.41, 5.74) is 2.18. The summed E-state index contributed by atoms with van der Waals surface area (Å²) >= 11 is 0. The monoisotopic (exact) mass is 412 g/mol. The van der Waals surface area contributed by atoms with Crippen molar-refractivity contribution in [3.8, 4) is 5.75 Å². The number of anilines is 1. The third kappa shape index (κ3) is 5.22. The van der Waals surface area contributed by atoms with Crippen molar-refractivity contribution in [1.29, 1.82) is 0 Å². The van der Waals surface area contributed by atoms with Crippen LogP contribution in [0.25, 0.3) is 0 Å². The van der Waals surface area contributed by atoms with Crippen molar-refractivity contribution in [2.45, 2.75) is 33.5 Å². The fourth-order valence-electron chi connectivity index (χ4n) is 2.64. The summed E-state index contributed by atoms with van der Waals surface area (Å²) in [6.45, 7) is 5.37. The largest absolute Gasteiger partial charge is 0.489 e. The molecule has 1 heterocycles. The van der Waals surface area contributed by atoms with Gasteiger partial charge >= 0.3 is 5.97 Å². The lowest BCUT2D eigenvalue weighted by Crippen LogP contribution is -2.30. The Kier molecular flexibility index (Phi) is 6.46. The summed E-state index contributed by atoms with van der Waals surface area (Å²) in [5.74, 6) is -0.446. The van der Waals surface area contributed by atoms with Gasteiger partial charge in [0.05, 0.1) is 16.8 Å². The molecule has 0 saturated heterocycles. The van der Waals surface area contributed by atoms with Crippen LogP contribution in [0.5, 0.6) is 5.75 Å². The van der Waals surface area contributed by atoms with Crippen LogP contribution in [0.1, 0.15) is 34.3 Å². The Morgan fingerprint density at radius 3 is 2.53 bits per heavy atom. The minimum Gasteiger partial charge on any atom is -0.489 e. The van der Waals surface area contributed by atoms with Gasteiger partial charge in [-0.15, -0.1) is 0 Å². The van der Waals surface area contributed by atoms with E-state index in [-0.39, 0.29) is 11.3 Å². The van der Waals surface area contributed by atoms with Gasteiger partial charge in [0, 0.05) is 5.69 Å². The van der Waals surface area contributed by atoms with Crippen LogP contribution >= 0.6 is 0 Å². The Hall–Kier alpha value is -3.68. The van der Waals surface area contributed by atoms with Crippen LogP contribution in [0.2, 0.25) is 0 Å². The number of hydrogen-bond donors (Lipinski definition) is 1. The quantitative estimate of drug-likeness (QED) is 0.585. The number of halogens is 1. The van der Waals surface area contributed by atoms with Gasteiger partial charge in [-0.1, -0.05) is 11.2 Å². The average molecular weight is 412 g/mol. The van der Waals surface area contributed by atoms with Crippen LogP contribution < -0.4 is 10.1 Å². The predicted molar refractivity (Wildman–Crippen MR) is 107 cm³/mol. The Morgan fingerprint density at radius 2 is 1.90 bits per heavy atom. The molecule has 0 fully saturated rings. The van der Waals surface area contributed by atoms with Crippen LogP contribution in [0.4, 0.5) is 10.1 Å². The van der Waals surface area contributed by atoms with Crippen molar-refractivity contribution in [2.75, 3.05) is 5.32 Å². The second kappa shape index (κ2) is 9.21. The highest BCUT2D eigenvalue weighted by atomic mass is 19.1. The number of ether oxygens (including phenoxy) is 2. The third-order valence-corrected chi connectivity index (χ3v) is 4.40. The molecule has 3 aromatic rings. The number of rotatable bonds is 7. The van der Waals surface area contributed by atoms with E-state index in [1.54, 1.807) is 24.3 Å². The number of nitrogens with zero attached hydrogens (tertiary/aromatic N) is 1. The van der Waals surface area contributed by atoms with Crippen LogP contribution in [0.3, 0.4) is 0 Å². The summed E-state index contributed by atoms with van der Waals surface area (Å²) < 4.78 is 29.2. The SMILES string of the molecule is Cc1noc(C)c1COc1ccc(C(=O)O[C@H](C)C(=O)Nc2cccc(F)c2)cc1. The lowest BCUT2D eigenvalue weighted by atomic mass is 10.2. The molecule has 0 saturated carbocycles.